The van der Waals surface area contributed by atoms with Gasteiger partial charge in [-0.25, -0.2) is 0 Å². The van der Waals surface area contributed by atoms with Crippen LogP contribution in [0.3, 0.4) is 0 Å². The van der Waals surface area contributed by atoms with E-state index in [0.29, 0.717) is 0 Å². The van der Waals surface area contributed by atoms with Gasteiger partial charge in [-0.15, -0.1) is 0 Å². The molecule has 0 aromatic heterocycles. The van der Waals surface area contributed by atoms with Crippen LogP contribution in [0.25, 0.3) is 5.76 Å². The van der Waals surface area contributed by atoms with E-state index in [1.54, 1.807) is 0 Å². The molecule has 0 radical (unpaired) electrons. The normalized spacial score (nSPS) is 15.3. The van der Waals surface area contributed by atoms with Crippen molar-refractivity contribution in [3.8, 4) is 5.75 Å². The van der Waals surface area contributed by atoms with Gasteiger partial charge >= 0.3 is 12.5 Å². The zero-order valence-electron chi connectivity index (χ0n) is 9.88. The summed E-state index contributed by atoms with van der Waals surface area (Å²) in [4.78, 5) is 0. The number of ether oxygens (including phenoxy) is 1. The minimum Gasteiger partial charge on any atom is -0.507 e. The van der Waals surface area contributed by atoms with Crippen molar-refractivity contribution in [2.45, 2.75) is 31.8 Å². The Morgan fingerprint density at radius 3 is 2.47 bits per heavy atom. The van der Waals surface area contributed by atoms with Crippen LogP contribution in [0.15, 0.2) is 29.8 Å². The lowest BCUT2D eigenvalue weighted by Gasteiger charge is -2.20. The molecule has 0 saturated heterocycles. The first-order chi connectivity index (χ1) is 8.90. The van der Waals surface area contributed by atoms with Crippen LogP contribution in [-0.2, 0) is 0 Å². The molecule has 0 amide bonds. The average molecular weight is 276 g/mol. The van der Waals surface area contributed by atoms with E-state index < -0.39 is 18.3 Å². The average Bonchev–Trinajstić information content (AvgIpc) is 2.26. The standard InChI is InChI=1S/C13H12F4O2/c14-12(15)13(16,17)19-10-6-2-5-9(7-10)11(18)8-3-1-4-8/h2,5-7,12,18H,1,3-4H2. The predicted molar refractivity (Wildman–Crippen MR) is 61.4 cm³/mol. The molecule has 1 aromatic rings. The maximum Gasteiger partial charge on any atom is 0.461 e. The van der Waals surface area contributed by atoms with Crippen LogP contribution in [0, 0.1) is 0 Å². The predicted octanol–water partition coefficient (Wildman–Crippen LogP) is 4.38. The minimum atomic E-state index is -4.54. The van der Waals surface area contributed by atoms with Crippen molar-refractivity contribution in [3.63, 3.8) is 0 Å². The van der Waals surface area contributed by atoms with Crippen molar-refractivity contribution < 1.29 is 27.4 Å². The van der Waals surface area contributed by atoms with Crippen LogP contribution in [0.4, 0.5) is 17.6 Å². The number of aliphatic hydroxyl groups excluding tert-OH is 1. The lowest BCUT2D eigenvalue weighted by Crippen LogP contribution is -2.33. The van der Waals surface area contributed by atoms with Crippen LogP contribution in [0.1, 0.15) is 24.8 Å². The minimum absolute atomic E-state index is 0.0112. The topological polar surface area (TPSA) is 29.5 Å². The van der Waals surface area contributed by atoms with Crippen molar-refractivity contribution in [2.75, 3.05) is 0 Å². The second-order valence-corrected chi connectivity index (χ2v) is 4.30. The molecule has 19 heavy (non-hydrogen) atoms. The van der Waals surface area contributed by atoms with Gasteiger partial charge in [0.1, 0.15) is 11.5 Å². The van der Waals surface area contributed by atoms with Gasteiger partial charge in [-0.2, -0.15) is 17.6 Å². The molecule has 0 bridgehead atoms. The Morgan fingerprint density at radius 1 is 1.26 bits per heavy atom. The summed E-state index contributed by atoms with van der Waals surface area (Å²) in [5, 5.41) is 9.86. The number of hydrogen-bond donors (Lipinski definition) is 1. The number of allylic oxidation sites excluding steroid dienone is 1. The first-order valence-corrected chi connectivity index (χ1v) is 5.76. The van der Waals surface area contributed by atoms with Gasteiger partial charge in [-0.1, -0.05) is 12.1 Å². The summed E-state index contributed by atoms with van der Waals surface area (Å²) in [7, 11) is 0. The van der Waals surface area contributed by atoms with E-state index in [4.69, 9.17) is 0 Å². The molecule has 1 aliphatic rings. The Bertz CT molecular complexity index is 491. The van der Waals surface area contributed by atoms with Gasteiger partial charge in [-0.05, 0) is 37.0 Å². The molecule has 6 heteroatoms. The first kappa shape index (κ1) is 13.7. The first-order valence-electron chi connectivity index (χ1n) is 5.76. The number of aliphatic hydroxyl groups is 1. The molecule has 104 valence electrons. The molecular formula is C13H12F4O2. The fourth-order valence-electron chi connectivity index (χ4n) is 1.70. The van der Waals surface area contributed by atoms with Gasteiger partial charge in [0.05, 0.1) is 0 Å². The monoisotopic (exact) mass is 276 g/mol. The smallest absolute Gasteiger partial charge is 0.461 e. The van der Waals surface area contributed by atoms with E-state index in [-0.39, 0.29) is 11.3 Å². The van der Waals surface area contributed by atoms with Crippen LogP contribution in [-0.4, -0.2) is 17.6 Å². The zero-order chi connectivity index (χ0) is 14.0. The van der Waals surface area contributed by atoms with Crippen LogP contribution >= 0.6 is 0 Å². The Balaban J connectivity index is 2.20. The maximum atomic E-state index is 12.8. The molecule has 1 N–H and O–H groups in total. The molecule has 1 fully saturated rings. The summed E-state index contributed by atoms with van der Waals surface area (Å²) in [6.07, 6.45) is -5.97. The molecule has 1 aliphatic carbocycles. The Morgan fingerprint density at radius 2 is 1.95 bits per heavy atom. The van der Waals surface area contributed by atoms with Gasteiger partial charge in [0, 0.05) is 5.56 Å². The SMILES string of the molecule is OC(=C1CCC1)c1cccc(OC(F)(F)C(F)F)c1. The van der Waals surface area contributed by atoms with Gasteiger partial charge in [0.15, 0.2) is 0 Å². The number of alkyl halides is 4. The Labute approximate surface area is 107 Å². The molecule has 0 spiro atoms. The van der Waals surface area contributed by atoms with Crippen molar-refractivity contribution >= 4 is 5.76 Å². The van der Waals surface area contributed by atoms with Gasteiger partial charge < -0.3 is 9.84 Å². The van der Waals surface area contributed by atoms with E-state index in [1.807, 2.05) is 0 Å². The van der Waals surface area contributed by atoms with E-state index in [1.165, 1.54) is 12.1 Å². The van der Waals surface area contributed by atoms with Gasteiger partial charge in [-0.3, -0.25) is 0 Å². The second-order valence-electron chi connectivity index (χ2n) is 4.30. The highest BCUT2D eigenvalue weighted by Crippen LogP contribution is 2.34. The summed E-state index contributed by atoms with van der Waals surface area (Å²) in [6, 6.07) is 5.13. The van der Waals surface area contributed by atoms with Crippen molar-refractivity contribution in [2.24, 2.45) is 0 Å². The number of benzene rings is 1. The van der Waals surface area contributed by atoms with Gasteiger partial charge in [0.2, 0.25) is 0 Å². The molecule has 1 saturated carbocycles. The molecule has 0 heterocycles. The highest BCUT2D eigenvalue weighted by atomic mass is 19.3. The summed E-state index contributed by atoms with van der Waals surface area (Å²) in [6.45, 7) is 0. The number of rotatable bonds is 4. The fourth-order valence-corrected chi connectivity index (χ4v) is 1.70. The van der Waals surface area contributed by atoms with Crippen LogP contribution in [0.2, 0.25) is 0 Å². The van der Waals surface area contributed by atoms with Crippen molar-refractivity contribution in [3.05, 3.63) is 35.4 Å². The third-order valence-corrected chi connectivity index (χ3v) is 2.91. The summed E-state index contributed by atoms with van der Waals surface area (Å²) in [5.74, 6) is -0.397. The van der Waals surface area contributed by atoms with E-state index >= 15 is 0 Å². The highest BCUT2D eigenvalue weighted by Gasteiger charge is 2.44. The zero-order valence-corrected chi connectivity index (χ0v) is 9.88. The van der Waals surface area contributed by atoms with Crippen LogP contribution < -0.4 is 4.74 Å². The molecule has 0 unspecified atom stereocenters. The summed E-state index contributed by atoms with van der Waals surface area (Å²) >= 11 is 0. The third kappa shape index (κ3) is 3.00. The lowest BCUT2D eigenvalue weighted by molar-refractivity contribution is -0.253. The molecule has 1 aromatic carbocycles. The molecular weight excluding hydrogens is 264 g/mol. The highest BCUT2D eigenvalue weighted by molar-refractivity contribution is 5.64. The van der Waals surface area contributed by atoms with Crippen LogP contribution in [0.5, 0.6) is 5.75 Å². The van der Waals surface area contributed by atoms with Crippen molar-refractivity contribution in [1.82, 2.24) is 0 Å². The quantitative estimate of drug-likeness (QED) is 0.653. The largest absolute Gasteiger partial charge is 0.507 e. The number of hydrogen-bond acceptors (Lipinski definition) is 2. The lowest BCUT2D eigenvalue weighted by atomic mass is 9.89. The fraction of sp³-hybridized carbons (Fsp3) is 0.385. The number of halogens is 4. The Kier molecular flexibility index (Phi) is 3.68. The van der Waals surface area contributed by atoms with E-state index in [0.717, 1.165) is 37.0 Å². The summed E-state index contributed by atoms with van der Waals surface area (Å²) < 4.78 is 53.5. The van der Waals surface area contributed by atoms with Crippen molar-refractivity contribution in [1.29, 1.82) is 0 Å². The second kappa shape index (κ2) is 5.11. The summed E-state index contributed by atoms with van der Waals surface area (Å²) in [5.41, 5.74) is 1.12. The molecule has 2 nitrogen and oxygen atoms in total. The molecule has 0 atom stereocenters. The van der Waals surface area contributed by atoms with E-state index in [2.05, 4.69) is 4.74 Å². The Hall–Kier alpha value is -1.72. The third-order valence-electron chi connectivity index (χ3n) is 2.91. The molecule has 2 rings (SSSR count). The molecule has 0 aliphatic heterocycles. The maximum absolute atomic E-state index is 12.8. The van der Waals surface area contributed by atoms with E-state index in [9.17, 15) is 22.7 Å². The van der Waals surface area contributed by atoms with Gasteiger partial charge in [0.25, 0.3) is 0 Å².